The van der Waals surface area contributed by atoms with Crippen LogP contribution in [0.15, 0.2) is 43.0 Å². The van der Waals surface area contributed by atoms with Gasteiger partial charge < -0.3 is 14.6 Å². The van der Waals surface area contributed by atoms with Crippen molar-refractivity contribution >= 4 is 5.97 Å². The third kappa shape index (κ3) is 2.71. The molecule has 0 saturated heterocycles. The van der Waals surface area contributed by atoms with Crippen LogP contribution in [0.4, 0.5) is 0 Å². The molecule has 0 aliphatic rings. The Hall–Kier alpha value is -1.61. The Bertz CT molecular complexity index is 306. The van der Waals surface area contributed by atoms with E-state index in [0.29, 0.717) is 5.56 Å². The topological polar surface area (TPSA) is 49.4 Å². The van der Waals surface area contributed by atoms with Gasteiger partial charge in [-0.1, -0.05) is 36.4 Å². The Balaban J connectivity index is 2.78. The molecule has 0 aromatic heterocycles. The summed E-state index contributed by atoms with van der Waals surface area (Å²) in [7, 11) is 0. The number of carbonyl (C=O) groups excluding carboxylic acids is 1. The summed E-state index contributed by atoms with van der Waals surface area (Å²) in [6.45, 7) is 3.64. The average molecular weight is 191 g/mol. The van der Waals surface area contributed by atoms with E-state index in [0.717, 1.165) is 0 Å². The van der Waals surface area contributed by atoms with Gasteiger partial charge in [0.2, 0.25) is 0 Å². The van der Waals surface area contributed by atoms with E-state index in [9.17, 15) is 9.90 Å². The molecule has 1 atom stereocenters. The van der Waals surface area contributed by atoms with Crippen molar-refractivity contribution in [2.45, 2.75) is 6.10 Å². The summed E-state index contributed by atoms with van der Waals surface area (Å²) in [5.74, 6) is -1.24. The van der Waals surface area contributed by atoms with Gasteiger partial charge in [-0.15, -0.1) is 6.58 Å². The summed E-state index contributed by atoms with van der Waals surface area (Å²) < 4.78 is 5.06. The minimum atomic E-state index is -1.24. The Labute approximate surface area is 82.6 Å². The molecule has 3 nitrogen and oxygen atoms in total. The summed E-state index contributed by atoms with van der Waals surface area (Å²) in [4.78, 5) is 10.7. The van der Waals surface area contributed by atoms with Gasteiger partial charge in [-0.05, 0) is 5.56 Å². The van der Waals surface area contributed by atoms with Crippen molar-refractivity contribution in [2.75, 3.05) is 6.61 Å². The number of carboxylic acid groups (broad SMARTS) is 1. The maximum atomic E-state index is 10.7. The number of carbonyl (C=O) groups is 1. The minimum Gasteiger partial charge on any atom is -0.547 e. The van der Waals surface area contributed by atoms with Crippen LogP contribution in [-0.2, 0) is 9.53 Å². The van der Waals surface area contributed by atoms with Gasteiger partial charge in [0.25, 0.3) is 0 Å². The molecule has 0 amide bonds. The molecular formula is C11H11O3-. The van der Waals surface area contributed by atoms with Crippen LogP contribution in [0.5, 0.6) is 0 Å². The molecule has 0 heterocycles. The summed E-state index contributed by atoms with van der Waals surface area (Å²) >= 11 is 0. The number of aliphatic carboxylic acids is 1. The van der Waals surface area contributed by atoms with Crippen molar-refractivity contribution in [3.63, 3.8) is 0 Å². The number of hydrogen-bond acceptors (Lipinski definition) is 3. The molecule has 0 bridgehead atoms. The molecule has 0 N–H and O–H groups in total. The van der Waals surface area contributed by atoms with E-state index < -0.39 is 12.1 Å². The third-order valence-electron chi connectivity index (χ3n) is 1.70. The van der Waals surface area contributed by atoms with E-state index in [2.05, 4.69) is 6.58 Å². The van der Waals surface area contributed by atoms with E-state index in [-0.39, 0.29) is 6.61 Å². The van der Waals surface area contributed by atoms with E-state index >= 15 is 0 Å². The lowest BCUT2D eigenvalue weighted by Gasteiger charge is -2.18. The second-order valence-electron chi connectivity index (χ2n) is 2.73. The molecule has 14 heavy (non-hydrogen) atoms. The Morgan fingerprint density at radius 3 is 2.64 bits per heavy atom. The maximum Gasteiger partial charge on any atom is 0.122 e. The number of rotatable bonds is 5. The second-order valence-corrected chi connectivity index (χ2v) is 2.73. The Morgan fingerprint density at radius 2 is 2.14 bits per heavy atom. The number of carboxylic acids is 1. The number of benzene rings is 1. The van der Waals surface area contributed by atoms with Crippen LogP contribution in [0.3, 0.4) is 0 Å². The average Bonchev–Trinajstić information content (AvgIpc) is 2.19. The molecule has 74 valence electrons. The van der Waals surface area contributed by atoms with Crippen molar-refractivity contribution in [1.29, 1.82) is 0 Å². The first-order valence-electron chi connectivity index (χ1n) is 4.24. The largest absolute Gasteiger partial charge is 0.547 e. The lowest BCUT2D eigenvalue weighted by Crippen LogP contribution is -2.31. The molecule has 0 saturated carbocycles. The van der Waals surface area contributed by atoms with Crippen molar-refractivity contribution < 1.29 is 14.6 Å². The predicted molar refractivity (Wildman–Crippen MR) is 50.3 cm³/mol. The predicted octanol–water partition coefficient (Wildman–Crippen LogP) is 0.680. The molecule has 1 aromatic carbocycles. The number of ether oxygens (including phenoxy) is 1. The first kappa shape index (κ1) is 10.5. The fourth-order valence-electron chi connectivity index (χ4n) is 1.09. The first-order valence-corrected chi connectivity index (χ1v) is 4.24. The van der Waals surface area contributed by atoms with Gasteiger partial charge in [0, 0.05) is 0 Å². The molecule has 0 aliphatic carbocycles. The van der Waals surface area contributed by atoms with Crippen molar-refractivity contribution in [3.8, 4) is 0 Å². The monoisotopic (exact) mass is 191 g/mol. The standard InChI is InChI=1S/C11H12O3/c1-2-8-14-10(11(12)13)9-6-4-3-5-7-9/h2-7,10H,1,8H2,(H,12,13)/p-1. The minimum absolute atomic E-state index is 0.188. The van der Waals surface area contributed by atoms with Crippen molar-refractivity contribution in [1.82, 2.24) is 0 Å². The van der Waals surface area contributed by atoms with Gasteiger partial charge in [-0.3, -0.25) is 0 Å². The normalized spacial score (nSPS) is 12.0. The summed E-state index contributed by atoms with van der Waals surface area (Å²) in [5.41, 5.74) is 0.578. The van der Waals surface area contributed by atoms with Gasteiger partial charge in [0.1, 0.15) is 6.10 Å². The zero-order valence-corrected chi connectivity index (χ0v) is 7.68. The van der Waals surface area contributed by atoms with Gasteiger partial charge in [0.05, 0.1) is 12.6 Å². The van der Waals surface area contributed by atoms with E-state index in [1.165, 1.54) is 6.08 Å². The molecule has 3 heteroatoms. The third-order valence-corrected chi connectivity index (χ3v) is 1.70. The van der Waals surface area contributed by atoms with Crippen LogP contribution in [-0.4, -0.2) is 12.6 Å². The summed E-state index contributed by atoms with van der Waals surface area (Å²) in [6.07, 6.45) is 0.480. The molecule has 0 radical (unpaired) electrons. The lowest BCUT2D eigenvalue weighted by atomic mass is 10.1. The Morgan fingerprint density at radius 1 is 1.50 bits per heavy atom. The van der Waals surface area contributed by atoms with Gasteiger partial charge in [-0.25, -0.2) is 0 Å². The Kier molecular flexibility index (Phi) is 3.88. The fraction of sp³-hybridized carbons (Fsp3) is 0.182. The van der Waals surface area contributed by atoms with E-state index in [1.54, 1.807) is 24.3 Å². The molecule has 0 aliphatic heterocycles. The highest BCUT2D eigenvalue weighted by Crippen LogP contribution is 2.15. The van der Waals surface area contributed by atoms with E-state index in [4.69, 9.17) is 4.74 Å². The van der Waals surface area contributed by atoms with Crippen LogP contribution < -0.4 is 5.11 Å². The summed E-state index contributed by atoms with van der Waals surface area (Å²) in [6, 6.07) is 8.68. The first-order chi connectivity index (χ1) is 6.75. The van der Waals surface area contributed by atoms with E-state index in [1.807, 2.05) is 6.07 Å². The molecule has 0 fully saturated rings. The maximum absolute atomic E-state index is 10.7. The van der Waals surface area contributed by atoms with Crippen molar-refractivity contribution in [2.24, 2.45) is 0 Å². The van der Waals surface area contributed by atoms with Gasteiger partial charge in [-0.2, -0.15) is 0 Å². The molecule has 0 spiro atoms. The fourth-order valence-corrected chi connectivity index (χ4v) is 1.09. The van der Waals surface area contributed by atoms with Crippen LogP contribution in [0.25, 0.3) is 0 Å². The molecule has 1 rings (SSSR count). The van der Waals surface area contributed by atoms with Gasteiger partial charge in [0.15, 0.2) is 0 Å². The lowest BCUT2D eigenvalue weighted by molar-refractivity contribution is -0.317. The summed E-state index contributed by atoms with van der Waals surface area (Å²) in [5, 5.41) is 10.7. The quantitative estimate of drug-likeness (QED) is 0.643. The number of hydrogen-bond donors (Lipinski definition) is 0. The zero-order chi connectivity index (χ0) is 10.4. The zero-order valence-electron chi connectivity index (χ0n) is 7.68. The second kappa shape index (κ2) is 5.19. The highest BCUT2D eigenvalue weighted by molar-refractivity contribution is 5.72. The highest BCUT2D eigenvalue weighted by atomic mass is 16.5. The van der Waals surface area contributed by atoms with Gasteiger partial charge >= 0.3 is 0 Å². The van der Waals surface area contributed by atoms with Crippen molar-refractivity contribution in [3.05, 3.63) is 48.6 Å². The van der Waals surface area contributed by atoms with Crippen LogP contribution >= 0.6 is 0 Å². The van der Waals surface area contributed by atoms with Crippen LogP contribution in [0.2, 0.25) is 0 Å². The smallest absolute Gasteiger partial charge is 0.122 e. The highest BCUT2D eigenvalue weighted by Gasteiger charge is 2.11. The molecule has 1 unspecified atom stereocenters. The van der Waals surface area contributed by atoms with Crippen LogP contribution in [0, 0.1) is 0 Å². The van der Waals surface area contributed by atoms with Crippen LogP contribution in [0.1, 0.15) is 11.7 Å². The SMILES string of the molecule is C=CCOC(C(=O)[O-])c1ccccc1. The molecular weight excluding hydrogens is 180 g/mol. The molecule has 1 aromatic rings.